The molecular weight excluding hydrogens is 312 g/mol. The van der Waals surface area contributed by atoms with Crippen molar-refractivity contribution < 1.29 is 4.79 Å². The van der Waals surface area contributed by atoms with Gasteiger partial charge in [-0.3, -0.25) is 9.78 Å². The normalized spacial score (nSPS) is 13.2. The predicted octanol–water partition coefficient (Wildman–Crippen LogP) is 3.29. The van der Waals surface area contributed by atoms with Gasteiger partial charge in [0, 0.05) is 25.5 Å². The molecule has 1 aliphatic heterocycles. The SMILES string of the molecule is O=C(Nc1ccc(N2CCc3ccccc3C2)cn1)c1cccnc1. The van der Waals surface area contributed by atoms with Crippen LogP contribution in [0.25, 0.3) is 0 Å². The third-order valence-electron chi connectivity index (χ3n) is 4.41. The molecule has 0 spiro atoms. The van der Waals surface area contributed by atoms with Gasteiger partial charge in [-0.2, -0.15) is 0 Å². The van der Waals surface area contributed by atoms with Crippen molar-refractivity contribution in [3.63, 3.8) is 0 Å². The highest BCUT2D eigenvalue weighted by Crippen LogP contribution is 2.24. The number of pyridine rings is 2. The summed E-state index contributed by atoms with van der Waals surface area (Å²) in [6.45, 7) is 1.86. The maximum absolute atomic E-state index is 12.1. The topological polar surface area (TPSA) is 58.1 Å². The van der Waals surface area contributed by atoms with E-state index in [-0.39, 0.29) is 5.91 Å². The van der Waals surface area contributed by atoms with Crippen LogP contribution in [0.15, 0.2) is 67.1 Å². The van der Waals surface area contributed by atoms with E-state index < -0.39 is 0 Å². The van der Waals surface area contributed by atoms with Crippen LogP contribution in [0.5, 0.6) is 0 Å². The molecule has 0 atom stereocenters. The van der Waals surface area contributed by atoms with Crippen LogP contribution in [0.4, 0.5) is 11.5 Å². The molecule has 0 saturated heterocycles. The van der Waals surface area contributed by atoms with E-state index in [2.05, 4.69) is 44.5 Å². The smallest absolute Gasteiger partial charge is 0.258 e. The van der Waals surface area contributed by atoms with Crippen molar-refractivity contribution in [1.82, 2.24) is 9.97 Å². The highest BCUT2D eigenvalue weighted by molar-refractivity contribution is 6.03. The van der Waals surface area contributed by atoms with Gasteiger partial charge in [0.25, 0.3) is 5.91 Å². The Bertz CT molecular complexity index is 878. The first-order valence-corrected chi connectivity index (χ1v) is 8.29. The van der Waals surface area contributed by atoms with E-state index >= 15 is 0 Å². The van der Waals surface area contributed by atoms with Gasteiger partial charge in [0.15, 0.2) is 0 Å². The number of anilines is 2. The molecule has 1 aromatic carbocycles. The first kappa shape index (κ1) is 15.3. The number of hydrogen-bond donors (Lipinski definition) is 1. The number of carbonyl (C=O) groups excluding carboxylic acids is 1. The van der Waals surface area contributed by atoms with E-state index in [1.165, 1.54) is 17.3 Å². The van der Waals surface area contributed by atoms with Crippen LogP contribution in [0, 0.1) is 0 Å². The molecule has 1 N–H and O–H groups in total. The van der Waals surface area contributed by atoms with Gasteiger partial charge in [0.05, 0.1) is 17.4 Å². The average molecular weight is 330 g/mol. The standard InChI is InChI=1S/C20H18N4O/c25-20(16-6-3-10-21-12-16)23-19-8-7-18(13-22-19)24-11-9-15-4-1-2-5-17(15)14-24/h1-8,10,12-13H,9,11,14H2,(H,22,23,25). The summed E-state index contributed by atoms with van der Waals surface area (Å²) in [5, 5.41) is 2.80. The second-order valence-corrected chi connectivity index (χ2v) is 6.04. The van der Waals surface area contributed by atoms with Crippen molar-refractivity contribution in [2.75, 3.05) is 16.8 Å². The molecule has 0 bridgehead atoms. The van der Waals surface area contributed by atoms with Crippen LogP contribution in [-0.2, 0) is 13.0 Å². The van der Waals surface area contributed by atoms with Crippen LogP contribution in [0.2, 0.25) is 0 Å². The number of benzene rings is 1. The minimum Gasteiger partial charge on any atom is -0.366 e. The van der Waals surface area contributed by atoms with Crippen molar-refractivity contribution >= 4 is 17.4 Å². The lowest BCUT2D eigenvalue weighted by atomic mass is 10.00. The third-order valence-corrected chi connectivity index (χ3v) is 4.41. The van der Waals surface area contributed by atoms with Crippen molar-refractivity contribution in [3.8, 4) is 0 Å². The van der Waals surface area contributed by atoms with E-state index in [0.29, 0.717) is 11.4 Å². The van der Waals surface area contributed by atoms with Crippen LogP contribution < -0.4 is 10.2 Å². The number of hydrogen-bond acceptors (Lipinski definition) is 4. The molecular formula is C20H18N4O. The van der Waals surface area contributed by atoms with Gasteiger partial charge in [0.2, 0.25) is 0 Å². The Hall–Kier alpha value is -3.21. The fourth-order valence-corrected chi connectivity index (χ4v) is 3.05. The third kappa shape index (κ3) is 3.35. The Morgan fingerprint density at radius 2 is 1.88 bits per heavy atom. The molecule has 4 rings (SSSR count). The Kier molecular flexibility index (Phi) is 4.12. The summed E-state index contributed by atoms with van der Waals surface area (Å²) in [5.74, 6) is 0.329. The molecule has 5 heteroatoms. The van der Waals surface area contributed by atoms with Gasteiger partial charge < -0.3 is 10.2 Å². The maximum atomic E-state index is 12.1. The van der Waals surface area contributed by atoms with Crippen molar-refractivity contribution in [1.29, 1.82) is 0 Å². The summed E-state index contributed by atoms with van der Waals surface area (Å²) >= 11 is 0. The summed E-state index contributed by atoms with van der Waals surface area (Å²) in [7, 11) is 0. The Morgan fingerprint density at radius 3 is 2.64 bits per heavy atom. The molecule has 124 valence electrons. The van der Waals surface area contributed by atoms with Crippen LogP contribution >= 0.6 is 0 Å². The summed E-state index contributed by atoms with van der Waals surface area (Å²) in [6, 6.07) is 15.8. The lowest BCUT2D eigenvalue weighted by Crippen LogP contribution is -2.30. The highest BCUT2D eigenvalue weighted by Gasteiger charge is 2.16. The molecule has 1 aliphatic rings. The fourth-order valence-electron chi connectivity index (χ4n) is 3.05. The number of rotatable bonds is 3. The molecule has 0 fully saturated rings. The molecule has 0 saturated carbocycles. The second kappa shape index (κ2) is 6.73. The minimum atomic E-state index is -0.208. The zero-order valence-corrected chi connectivity index (χ0v) is 13.7. The molecule has 3 aromatic rings. The summed E-state index contributed by atoms with van der Waals surface area (Å²) in [6.07, 6.45) is 6.03. The number of carbonyl (C=O) groups is 1. The number of nitrogens with zero attached hydrogens (tertiary/aromatic N) is 3. The van der Waals surface area contributed by atoms with E-state index in [1.54, 1.807) is 18.3 Å². The predicted molar refractivity (Wildman–Crippen MR) is 97.6 cm³/mol. The van der Waals surface area contributed by atoms with Gasteiger partial charge in [-0.25, -0.2) is 4.98 Å². The van der Waals surface area contributed by atoms with E-state index in [9.17, 15) is 4.79 Å². The Balaban J connectivity index is 1.45. The molecule has 3 heterocycles. The minimum absolute atomic E-state index is 0.208. The first-order chi connectivity index (χ1) is 12.3. The van der Waals surface area contributed by atoms with Gasteiger partial charge in [-0.15, -0.1) is 0 Å². The molecule has 1 amide bonds. The monoisotopic (exact) mass is 330 g/mol. The van der Waals surface area contributed by atoms with Crippen LogP contribution in [0.1, 0.15) is 21.5 Å². The Labute approximate surface area is 146 Å². The molecule has 2 aromatic heterocycles. The van der Waals surface area contributed by atoms with Gasteiger partial charge in [-0.05, 0) is 41.8 Å². The second-order valence-electron chi connectivity index (χ2n) is 6.04. The van der Waals surface area contributed by atoms with Gasteiger partial charge >= 0.3 is 0 Å². The van der Waals surface area contributed by atoms with Gasteiger partial charge in [-0.1, -0.05) is 24.3 Å². The van der Waals surface area contributed by atoms with Crippen LogP contribution in [-0.4, -0.2) is 22.4 Å². The largest absolute Gasteiger partial charge is 0.366 e. The van der Waals surface area contributed by atoms with Crippen molar-refractivity contribution in [2.24, 2.45) is 0 Å². The first-order valence-electron chi connectivity index (χ1n) is 8.29. The molecule has 0 aliphatic carbocycles. The molecule has 5 nitrogen and oxygen atoms in total. The van der Waals surface area contributed by atoms with Crippen molar-refractivity contribution in [2.45, 2.75) is 13.0 Å². The zero-order valence-electron chi connectivity index (χ0n) is 13.7. The quantitative estimate of drug-likeness (QED) is 0.800. The maximum Gasteiger partial charge on any atom is 0.258 e. The highest BCUT2D eigenvalue weighted by atomic mass is 16.1. The number of amides is 1. The van der Waals surface area contributed by atoms with E-state index in [1.807, 2.05) is 18.3 Å². The summed E-state index contributed by atoms with van der Waals surface area (Å²) in [5.41, 5.74) is 4.37. The summed E-state index contributed by atoms with van der Waals surface area (Å²) in [4.78, 5) is 22.8. The lowest BCUT2D eigenvalue weighted by molar-refractivity contribution is 0.102. The molecule has 25 heavy (non-hydrogen) atoms. The fraction of sp³-hybridized carbons (Fsp3) is 0.150. The van der Waals surface area contributed by atoms with E-state index in [0.717, 1.165) is 25.2 Å². The summed E-state index contributed by atoms with van der Waals surface area (Å²) < 4.78 is 0. The number of aromatic nitrogens is 2. The van der Waals surface area contributed by atoms with Crippen LogP contribution in [0.3, 0.4) is 0 Å². The van der Waals surface area contributed by atoms with Gasteiger partial charge in [0.1, 0.15) is 5.82 Å². The average Bonchev–Trinajstić information content (AvgIpc) is 2.69. The van der Waals surface area contributed by atoms with E-state index in [4.69, 9.17) is 0 Å². The molecule has 0 unspecified atom stereocenters. The molecule has 0 radical (unpaired) electrons. The number of fused-ring (bicyclic) bond motifs is 1. The number of nitrogens with one attached hydrogen (secondary N) is 1. The van der Waals surface area contributed by atoms with Crippen molar-refractivity contribution in [3.05, 3.63) is 83.8 Å². The Morgan fingerprint density at radius 1 is 1.00 bits per heavy atom. The lowest BCUT2D eigenvalue weighted by Gasteiger charge is -2.30. The zero-order chi connectivity index (χ0) is 17.1.